The fraction of sp³-hybridized carbons (Fsp3) is 0.667. The maximum absolute atomic E-state index is 11.9. The molecule has 1 amide bonds. The number of nitrogens with zero attached hydrogens (tertiary/aromatic N) is 2. The lowest BCUT2D eigenvalue weighted by atomic mass is 10.2. The van der Waals surface area contributed by atoms with Crippen LogP contribution in [-0.4, -0.2) is 47.0 Å². The first kappa shape index (κ1) is 15.7. The molecule has 1 heterocycles. The number of aromatic nitrogens is 2. The predicted octanol–water partition coefficient (Wildman–Crippen LogP) is 0.611. The molecule has 0 atom stereocenters. The van der Waals surface area contributed by atoms with E-state index in [-0.39, 0.29) is 11.5 Å². The molecule has 1 saturated carbocycles. The highest BCUT2D eigenvalue weighted by atomic mass is 16.2. The number of carbonyl (C=O) groups excluding carboxylic acids is 1. The second-order valence-electron chi connectivity index (χ2n) is 5.79. The Labute approximate surface area is 125 Å². The Balaban J connectivity index is 1.72. The van der Waals surface area contributed by atoms with Gasteiger partial charge in [-0.05, 0) is 26.8 Å². The Bertz CT molecular complexity index is 535. The molecule has 1 aromatic heterocycles. The summed E-state index contributed by atoms with van der Waals surface area (Å²) in [5.41, 5.74) is 0.547. The molecule has 0 spiro atoms. The van der Waals surface area contributed by atoms with Crippen molar-refractivity contribution < 1.29 is 4.79 Å². The van der Waals surface area contributed by atoms with Crippen molar-refractivity contribution in [1.82, 2.24) is 20.2 Å². The molecule has 116 valence electrons. The molecular formula is C15H24N4O2. The van der Waals surface area contributed by atoms with Crippen LogP contribution >= 0.6 is 0 Å². The zero-order chi connectivity index (χ0) is 15.2. The molecule has 0 aliphatic heterocycles. The highest BCUT2D eigenvalue weighted by molar-refractivity contribution is 5.78. The van der Waals surface area contributed by atoms with Crippen LogP contribution in [0.25, 0.3) is 0 Å². The van der Waals surface area contributed by atoms with Crippen LogP contribution in [0.2, 0.25) is 0 Å². The van der Waals surface area contributed by atoms with Crippen molar-refractivity contribution in [1.29, 1.82) is 0 Å². The van der Waals surface area contributed by atoms with Gasteiger partial charge in [0.2, 0.25) is 5.91 Å². The number of aryl methyl sites for hydroxylation is 1. The Morgan fingerprint density at radius 1 is 1.48 bits per heavy atom. The number of aromatic amines is 1. The van der Waals surface area contributed by atoms with Crippen molar-refractivity contribution in [3.8, 4) is 0 Å². The minimum absolute atomic E-state index is 0.0272. The monoisotopic (exact) mass is 292 g/mol. The molecule has 2 rings (SSSR count). The lowest BCUT2D eigenvalue weighted by Gasteiger charge is -2.23. The summed E-state index contributed by atoms with van der Waals surface area (Å²) >= 11 is 0. The molecule has 1 aromatic rings. The van der Waals surface area contributed by atoms with Crippen LogP contribution in [0, 0.1) is 6.92 Å². The fourth-order valence-electron chi connectivity index (χ4n) is 2.84. The Kier molecular flexibility index (Phi) is 5.50. The van der Waals surface area contributed by atoms with E-state index in [1.54, 1.807) is 6.92 Å². The van der Waals surface area contributed by atoms with E-state index in [9.17, 15) is 9.59 Å². The van der Waals surface area contributed by atoms with Crippen molar-refractivity contribution in [2.45, 2.75) is 45.1 Å². The van der Waals surface area contributed by atoms with Crippen LogP contribution in [0.3, 0.4) is 0 Å². The van der Waals surface area contributed by atoms with E-state index < -0.39 is 0 Å². The maximum atomic E-state index is 11.9. The lowest BCUT2D eigenvalue weighted by molar-refractivity contribution is -0.122. The molecule has 1 aliphatic rings. The largest absolute Gasteiger partial charge is 0.355 e. The Hall–Kier alpha value is -1.69. The number of carbonyl (C=O) groups is 1. The van der Waals surface area contributed by atoms with Gasteiger partial charge >= 0.3 is 0 Å². The summed E-state index contributed by atoms with van der Waals surface area (Å²) in [6, 6.07) is 2.00. The molecular weight excluding hydrogens is 268 g/mol. The number of H-pyrrole nitrogens is 1. The summed E-state index contributed by atoms with van der Waals surface area (Å²) in [6.45, 7) is 2.71. The van der Waals surface area contributed by atoms with Crippen molar-refractivity contribution >= 4 is 5.91 Å². The molecule has 21 heavy (non-hydrogen) atoms. The Morgan fingerprint density at radius 2 is 2.19 bits per heavy atom. The number of nitrogens with one attached hydrogen (secondary N) is 2. The van der Waals surface area contributed by atoms with Crippen molar-refractivity contribution in [2.24, 2.45) is 0 Å². The van der Waals surface area contributed by atoms with Gasteiger partial charge in [0, 0.05) is 30.8 Å². The highest BCUT2D eigenvalue weighted by Gasteiger charge is 2.20. The van der Waals surface area contributed by atoms with Crippen LogP contribution in [0.1, 0.15) is 37.2 Å². The third kappa shape index (κ3) is 4.97. The zero-order valence-corrected chi connectivity index (χ0v) is 12.8. The SMILES string of the molecule is Cc1cc(=O)[nH]c(CCNC(=O)CN(C)C2CCCC2)n1. The summed E-state index contributed by atoms with van der Waals surface area (Å²) in [5, 5.41) is 2.88. The number of hydrogen-bond donors (Lipinski definition) is 2. The van der Waals surface area contributed by atoms with Gasteiger partial charge in [-0.3, -0.25) is 14.5 Å². The number of likely N-dealkylation sites (N-methyl/N-ethyl adjacent to an activating group) is 1. The molecule has 2 N–H and O–H groups in total. The standard InChI is InChI=1S/C15H24N4O2/c1-11-9-14(20)18-13(17-11)7-8-16-15(21)10-19(2)12-5-3-4-6-12/h9,12H,3-8,10H2,1-2H3,(H,16,21)(H,17,18,20). The van der Waals surface area contributed by atoms with E-state index in [4.69, 9.17) is 0 Å². The lowest BCUT2D eigenvalue weighted by Crippen LogP contribution is -2.40. The molecule has 6 heteroatoms. The highest BCUT2D eigenvalue weighted by Crippen LogP contribution is 2.21. The first-order chi connectivity index (χ1) is 10.0. The Morgan fingerprint density at radius 3 is 2.86 bits per heavy atom. The van der Waals surface area contributed by atoms with E-state index >= 15 is 0 Å². The normalized spacial score (nSPS) is 15.6. The summed E-state index contributed by atoms with van der Waals surface area (Å²) in [7, 11) is 2.01. The molecule has 0 saturated heterocycles. The summed E-state index contributed by atoms with van der Waals surface area (Å²) in [4.78, 5) is 32.3. The van der Waals surface area contributed by atoms with Crippen LogP contribution in [0.15, 0.2) is 10.9 Å². The van der Waals surface area contributed by atoms with E-state index in [2.05, 4.69) is 20.2 Å². The first-order valence-corrected chi connectivity index (χ1v) is 7.58. The van der Waals surface area contributed by atoms with Gasteiger partial charge in [-0.15, -0.1) is 0 Å². The van der Waals surface area contributed by atoms with Gasteiger partial charge < -0.3 is 10.3 Å². The van der Waals surface area contributed by atoms with Crippen molar-refractivity contribution in [3.63, 3.8) is 0 Å². The van der Waals surface area contributed by atoms with Gasteiger partial charge in [-0.1, -0.05) is 12.8 Å². The average Bonchev–Trinajstić information content (AvgIpc) is 2.91. The third-order valence-corrected chi connectivity index (χ3v) is 3.94. The molecule has 1 aliphatic carbocycles. The smallest absolute Gasteiger partial charge is 0.251 e. The van der Waals surface area contributed by atoms with E-state index in [1.807, 2.05) is 7.05 Å². The molecule has 0 radical (unpaired) electrons. The molecule has 6 nitrogen and oxygen atoms in total. The van der Waals surface area contributed by atoms with Crippen LogP contribution in [0.4, 0.5) is 0 Å². The molecule has 0 unspecified atom stereocenters. The number of hydrogen-bond acceptors (Lipinski definition) is 4. The van der Waals surface area contributed by atoms with E-state index in [0.717, 1.165) is 0 Å². The molecule has 0 aromatic carbocycles. The molecule has 1 fully saturated rings. The predicted molar refractivity (Wildman–Crippen MR) is 81.2 cm³/mol. The number of amides is 1. The van der Waals surface area contributed by atoms with Gasteiger partial charge in [-0.25, -0.2) is 4.98 Å². The van der Waals surface area contributed by atoms with Crippen molar-refractivity contribution in [2.75, 3.05) is 20.1 Å². The van der Waals surface area contributed by atoms with E-state index in [1.165, 1.54) is 31.7 Å². The quantitative estimate of drug-likeness (QED) is 0.805. The average molecular weight is 292 g/mol. The second-order valence-corrected chi connectivity index (χ2v) is 5.79. The van der Waals surface area contributed by atoms with Crippen LogP contribution in [0.5, 0.6) is 0 Å². The van der Waals surface area contributed by atoms with Crippen LogP contribution < -0.4 is 10.9 Å². The molecule has 0 bridgehead atoms. The topological polar surface area (TPSA) is 78.1 Å². The minimum atomic E-state index is -0.148. The van der Waals surface area contributed by atoms with E-state index in [0.29, 0.717) is 37.1 Å². The number of rotatable bonds is 6. The fourth-order valence-corrected chi connectivity index (χ4v) is 2.84. The summed E-state index contributed by atoms with van der Waals surface area (Å²) in [6.07, 6.45) is 5.46. The van der Waals surface area contributed by atoms with Gasteiger partial charge in [-0.2, -0.15) is 0 Å². The van der Waals surface area contributed by atoms with Gasteiger partial charge in [0.25, 0.3) is 5.56 Å². The summed E-state index contributed by atoms with van der Waals surface area (Å²) in [5.74, 6) is 0.642. The minimum Gasteiger partial charge on any atom is -0.355 e. The second kappa shape index (κ2) is 7.36. The first-order valence-electron chi connectivity index (χ1n) is 7.58. The maximum Gasteiger partial charge on any atom is 0.251 e. The van der Waals surface area contributed by atoms with Gasteiger partial charge in [0.05, 0.1) is 6.54 Å². The third-order valence-electron chi connectivity index (χ3n) is 3.94. The van der Waals surface area contributed by atoms with Crippen molar-refractivity contribution in [3.05, 3.63) is 27.9 Å². The van der Waals surface area contributed by atoms with Crippen LogP contribution in [-0.2, 0) is 11.2 Å². The van der Waals surface area contributed by atoms with Gasteiger partial charge in [0.15, 0.2) is 0 Å². The summed E-state index contributed by atoms with van der Waals surface area (Å²) < 4.78 is 0. The van der Waals surface area contributed by atoms with Gasteiger partial charge in [0.1, 0.15) is 5.82 Å². The zero-order valence-electron chi connectivity index (χ0n) is 12.8.